The summed E-state index contributed by atoms with van der Waals surface area (Å²) in [6.07, 6.45) is 7.06. The van der Waals surface area contributed by atoms with E-state index in [0.29, 0.717) is 0 Å². The third-order valence-electron chi connectivity index (χ3n) is 1.27. The predicted molar refractivity (Wildman–Crippen MR) is 75.8 cm³/mol. The van der Waals surface area contributed by atoms with Crippen molar-refractivity contribution in [3.05, 3.63) is 36.4 Å². The molecule has 0 atom stereocenters. The van der Waals surface area contributed by atoms with Crippen LogP contribution in [0, 0.1) is 13.8 Å². The van der Waals surface area contributed by atoms with Crippen molar-refractivity contribution >= 4 is 49.6 Å². The number of aryl methyl sites for hydroxylation is 2. The summed E-state index contributed by atoms with van der Waals surface area (Å²) in [6, 6.07) is 0. The summed E-state index contributed by atoms with van der Waals surface area (Å²) in [6.45, 7) is 3.83. The van der Waals surface area contributed by atoms with Crippen LogP contribution in [0.4, 0.5) is 0 Å². The molecule has 2 rings (SSSR count). The van der Waals surface area contributed by atoms with Crippen molar-refractivity contribution in [2.24, 2.45) is 0 Å². The first kappa shape index (κ1) is 17.4. The second-order valence-corrected chi connectivity index (χ2v) is 28.2. The first-order chi connectivity index (χ1) is 7.79. The average Bonchev–Trinajstić information content (AvgIpc) is 2.76. The van der Waals surface area contributed by atoms with Crippen LogP contribution in [0.5, 0.6) is 0 Å². The normalized spacial score (nSPS) is 9.76. The van der Waals surface area contributed by atoms with Gasteiger partial charge in [0.05, 0.1) is 0 Å². The number of nitrogens with one attached hydrogen (secondary N) is 2. The molecule has 0 unspecified atom stereocenters. The number of hydrogen-bond acceptors (Lipinski definition) is 2. The molecule has 2 aromatic heterocycles. The molecule has 17 heavy (non-hydrogen) atoms. The first-order valence-electron chi connectivity index (χ1n) is 4.46. The molecule has 0 spiro atoms. The van der Waals surface area contributed by atoms with Crippen LogP contribution in [0.2, 0.25) is 0 Å². The van der Waals surface area contributed by atoms with Crippen LogP contribution in [0.15, 0.2) is 24.8 Å². The molecule has 0 saturated heterocycles. The standard InChI is InChI=1S/2C4H6N2.4ClH.Sn/c2*1-4-5-2-3-6-4;;;;;/h2*2-3H,1H3,(H,5,6);4*1H;/q;;;;;;+4/p-4. The molecule has 2 heterocycles. The number of hydrogen-bond donors (Lipinski definition) is 2. The molecule has 4 nitrogen and oxygen atoms in total. The summed E-state index contributed by atoms with van der Waals surface area (Å²) in [5, 5.41) is 0. The van der Waals surface area contributed by atoms with Gasteiger partial charge >= 0.3 is 49.6 Å². The average molecular weight is 425 g/mol. The van der Waals surface area contributed by atoms with Crippen molar-refractivity contribution < 1.29 is 0 Å². The summed E-state index contributed by atoms with van der Waals surface area (Å²) in [4.78, 5) is 13.5. The van der Waals surface area contributed by atoms with E-state index in [1.807, 2.05) is 13.8 Å². The van der Waals surface area contributed by atoms with Crippen molar-refractivity contribution in [2.45, 2.75) is 13.8 Å². The van der Waals surface area contributed by atoms with E-state index in [4.69, 9.17) is 35.7 Å². The molecular formula is C8H12Cl4N4Sn. The van der Waals surface area contributed by atoms with Crippen molar-refractivity contribution in [3.8, 4) is 0 Å². The van der Waals surface area contributed by atoms with Crippen LogP contribution in [-0.4, -0.2) is 33.8 Å². The van der Waals surface area contributed by atoms with E-state index in [2.05, 4.69) is 19.9 Å². The van der Waals surface area contributed by atoms with Gasteiger partial charge in [-0.05, 0) is 13.8 Å². The predicted octanol–water partition coefficient (Wildman–Crippen LogP) is 3.81. The Morgan fingerprint density at radius 3 is 1.24 bits per heavy atom. The zero-order valence-electron chi connectivity index (χ0n) is 9.22. The van der Waals surface area contributed by atoms with E-state index in [0.717, 1.165) is 11.6 Å². The zero-order valence-corrected chi connectivity index (χ0v) is 15.1. The van der Waals surface area contributed by atoms with Crippen molar-refractivity contribution in [2.75, 3.05) is 0 Å². The fourth-order valence-electron chi connectivity index (χ4n) is 0.688. The van der Waals surface area contributed by atoms with Gasteiger partial charge in [-0.2, -0.15) is 0 Å². The molecule has 96 valence electrons. The van der Waals surface area contributed by atoms with E-state index < -0.39 is 13.9 Å². The molecule has 2 aromatic rings. The van der Waals surface area contributed by atoms with E-state index in [-0.39, 0.29) is 0 Å². The van der Waals surface area contributed by atoms with Gasteiger partial charge in [0.25, 0.3) is 0 Å². The molecule has 0 aliphatic heterocycles. The third kappa shape index (κ3) is 16.4. The Bertz CT molecular complexity index is 332. The zero-order chi connectivity index (χ0) is 13.3. The van der Waals surface area contributed by atoms with Crippen LogP contribution < -0.4 is 0 Å². The number of nitrogens with zero attached hydrogens (tertiary/aromatic N) is 2. The monoisotopic (exact) mass is 424 g/mol. The minimum atomic E-state index is -3.29. The maximum absolute atomic E-state index is 5.04. The molecule has 0 bridgehead atoms. The Morgan fingerprint density at radius 2 is 1.18 bits per heavy atom. The molecular weight excluding hydrogens is 413 g/mol. The van der Waals surface area contributed by atoms with Crippen molar-refractivity contribution in [1.82, 2.24) is 19.9 Å². The van der Waals surface area contributed by atoms with E-state index >= 15 is 0 Å². The Hall–Kier alpha value is 0.379. The second kappa shape index (κ2) is 9.33. The van der Waals surface area contributed by atoms with Crippen LogP contribution >= 0.6 is 35.7 Å². The molecule has 9 heteroatoms. The van der Waals surface area contributed by atoms with Crippen LogP contribution in [-0.2, 0) is 0 Å². The Morgan fingerprint density at radius 1 is 0.882 bits per heavy atom. The molecule has 0 saturated carbocycles. The summed E-state index contributed by atoms with van der Waals surface area (Å²) < 4.78 is 0. The van der Waals surface area contributed by atoms with Crippen LogP contribution in [0.25, 0.3) is 0 Å². The number of imidazole rings is 2. The van der Waals surface area contributed by atoms with Gasteiger partial charge < -0.3 is 9.97 Å². The molecule has 2 N–H and O–H groups in total. The maximum atomic E-state index is 5.04. The number of aromatic amines is 2. The molecule has 0 amide bonds. The second-order valence-electron chi connectivity index (χ2n) is 2.78. The van der Waals surface area contributed by atoms with Gasteiger partial charge in [0.2, 0.25) is 0 Å². The van der Waals surface area contributed by atoms with Gasteiger partial charge in [-0.25, -0.2) is 9.97 Å². The molecule has 0 fully saturated rings. The Labute approximate surface area is 119 Å². The Kier molecular flexibility index (Phi) is 9.54. The number of rotatable bonds is 0. The topological polar surface area (TPSA) is 57.4 Å². The minimum absolute atomic E-state index is 0.968. The van der Waals surface area contributed by atoms with Crippen molar-refractivity contribution in [3.63, 3.8) is 0 Å². The van der Waals surface area contributed by atoms with E-state index in [1.165, 1.54) is 0 Å². The van der Waals surface area contributed by atoms with Gasteiger partial charge in [-0.1, -0.05) is 0 Å². The molecule has 0 radical (unpaired) electrons. The van der Waals surface area contributed by atoms with Crippen molar-refractivity contribution in [1.29, 1.82) is 0 Å². The quantitative estimate of drug-likeness (QED) is 0.632. The summed E-state index contributed by atoms with van der Waals surface area (Å²) in [7, 11) is 20.1. The van der Waals surface area contributed by atoms with E-state index in [9.17, 15) is 0 Å². The van der Waals surface area contributed by atoms with E-state index in [1.54, 1.807) is 24.8 Å². The first-order valence-corrected chi connectivity index (χ1v) is 18.9. The molecule has 0 aliphatic carbocycles. The van der Waals surface area contributed by atoms with Crippen LogP contribution in [0.1, 0.15) is 11.6 Å². The van der Waals surface area contributed by atoms with Gasteiger partial charge in [0.1, 0.15) is 11.6 Å². The number of aromatic nitrogens is 4. The third-order valence-corrected chi connectivity index (χ3v) is 1.27. The van der Waals surface area contributed by atoms with Gasteiger partial charge in [0, 0.05) is 24.8 Å². The fraction of sp³-hybridized carbons (Fsp3) is 0.250. The van der Waals surface area contributed by atoms with Gasteiger partial charge in [-0.15, -0.1) is 0 Å². The van der Waals surface area contributed by atoms with Gasteiger partial charge in [-0.3, -0.25) is 0 Å². The number of H-pyrrole nitrogens is 2. The summed E-state index contributed by atoms with van der Waals surface area (Å²) >= 11 is -3.29. The fourth-order valence-corrected chi connectivity index (χ4v) is 0.688. The molecule has 0 aliphatic rings. The number of halogens is 4. The molecule has 0 aromatic carbocycles. The SMILES string of the molecule is Cc1ncc[nH]1.Cc1ncc[nH]1.[Cl][Sn]([Cl])([Cl])[Cl]. The van der Waals surface area contributed by atoms with Gasteiger partial charge in [0.15, 0.2) is 0 Å². The summed E-state index contributed by atoms with van der Waals surface area (Å²) in [5.74, 6) is 1.94. The van der Waals surface area contributed by atoms with Crippen LogP contribution in [0.3, 0.4) is 0 Å². The Balaban J connectivity index is 0.000000228. The summed E-state index contributed by atoms with van der Waals surface area (Å²) in [5.41, 5.74) is 0.